The molecule has 1 rings (SSSR count). The van der Waals surface area contributed by atoms with Crippen molar-refractivity contribution in [3.05, 3.63) is 34.9 Å². The molecule has 1 aromatic carbocycles. The molecule has 0 aliphatic rings. The zero-order chi connectivity index (χ0) is 10.8. The second-order valence-corrected chi connectivity index (χ2v) is 3.83. The second kappa shape index (κ2) is 4.43. The molecule has 0 bridgehead atoms. The number of alkyl halides is 3. The van der Waals surface area contributed by atoms with Crippen molar-refractivity contribution in [3.63, 3.8) is 0 Å². The lowest BCUT2D eigenvalue weighted by Crippen LogP contribution is -2.29. The lowest BCUT2D eigenvalue weighted by molar-refractivity contribution is -0.0397. The summed E-state index contributed by atoms with van der Waals surface area (Å²) in [6.45, 7) is 0. The minimum atomic E-state index is -3.61. The van der Waals surface area contributed by atoms with Crippen molar-refractivity contribution in [1.29, 1.82) is 0 Å². The van der Waals surface area contributed by atoms with Gasteiger partial charge in [-0.2, -0.15) is 8.78 Å². The third kappa shape index (κ3) is 3.40. The molecular formula is C9H8Cl2F2O. The number of aliphatic hydroxyl groups excluding tert-OH is 1. The van der Waals surface area contributed by atoms with Gasteiger partial charge in [-0.15, -0.1) is 0 Å². The van der Waals surface area contributed by atoms with E-state index in [9.17, 15) is 8.78 Å². The first kappa shape index (κ1) is 11.7. The van der Waals surface area contributed by atoms with Gasteiger partial charge in [-0.3, -0.25) is 0 Å². The van der Waals surface area contributed by atoms with E-state index in [4.69, 9.17) is 16.7 Å². The fourth-order valence-corrected chi connectivity index (χ4v) is 1.29. The predicted molar refractivity (Wildman–Crippen MR) is 52.0 cm³/mol. The first-order chi connectivity index (χ1) is 6.39. The van der Waals surface area contributed by atoms with Crippen molar-refractivity contribution in [3.8, 4) is 0 Å². The highest BCUT2D eigenvalue weighted by Crippen LogP contribution is 2.26. The maximum absolute atomic E-state index is 12.4. The molecule has 0 saturated heterocycles. The molecule has 1 N–H and O–H groups in total. The number of halogens is 4. The molecule has 0 fully saturated rings. The Morgan fingerprint density at radius 2 is 2.07 bits per heavy atom. The van der Waals surface area contributed by atoms with Crippen LogP contribution >= 0.6 is 23.2 Å². The molecule has 0 amide bonds. The molecule has 0 aliphatic carbocycles. The van der Waals surface area contributed by atoms with Crippen molar-refractivity contribution in [2.24, 2.45) is 0 Å². The first-order valence-corrected chi connectivity index (χ1v) is 4.64. The Hall–Kier alpha value is -0.380. The highest BCUT2D eigenvalue weighted by atomic mass is 35.5. The molecule has 0 spiro atoms. The maximum atomic E-state index is 12.4. The summed E-state index contributed by atoms with van der Waals surface area (Å²) in [4.78, 5) is 0. The zero-order valence-corrected chi connectivity index (χ0v) is 8.56. The summed E-state index contributed by atoms with van der Waals surface area (Å²) in [5.41, 5.74) is 0.519. The van der Waals surface area contributed by atoms with Gasteiger partial charge < -0.3 is 5.11 Å². The van der Waals surface area contributed by atoms with E-state index in [2.05, 4.69) is 11.6 Å². The highest BCUT2D eigenvalue weighted by molar-refractivity contribution is 6.30. The van der Waals surface area contributed by atoms with Gasteiger partial charge in [-0.05, 0) is 29.3 Å². The van der Waals surface area contributed by atoms with Gasteiger partial charge in [0.2, 0.25) is 0 Å². The normalized spacial score (nSPS) is 14.1. The van der Waals surface area contributed by atoms with E-state index in [0.717, 1.165) is 0 Å². The molecule has 1 atom stereocenters. The topological polar surface area (TPSA) is 20.2 Å². The van der Waals surface area contributed by atoms with Crippen molar-refractivity contribution in [2.75, 3.05) is 0 Å². The molecule has 0 saturated carbocycles. The third-order valence-electron chi connectivity index (χ3n) is 1.70. The minimum Gasteiger partial charge on any atom is -0.385 e. The van der Waals surface area contributed by atoms with E-state index in [-0.39, 0.29) is 6.42 Å². The third-order valence-corrected chi connectivity index (χ3v) is 2.18. The van der Waals surface area contributed by atoms with Crippen LogP contribution < -0.4 is 0 Å². The van der Waals surface area contributed by atoms with Gasteiger partial charge in [-0.25, -0.2) is 0 Å². The van der Waals surface area contributed by atoms with Crippen LogP contribution in [-0.4, -0.2) is 16.6 Å². The summed E-state index contributed by atoms with van der Waals surface area (Å²) >= 11 is 10.3. The number of aliphatic hydroxyl groups is 1. The second-order valence-electron chi connectivity index (χ2n) is 2.89. The zero-order valence-electron chi connectivity index (χ0n) is 7.05. The molecule has 0 radical (unpaired) electrons. The Labute approximate surface area is 90.3 Å². The maximum Gasteiger partial charge on any atom is 0.347 e. The molecule has 1 aromatic rings. The molecule has 0 aliphatic heterocycles. The van der Waals surface area contributed by atoms with Crippen molar-refractivity contribution in [2.45, 2.75) is 17.9 Å². The van der Waals surface area contributed by atoms with Crippen LogP contribution in [0.2, 0.25) is 5.02 Å². The van der Waals surface area contributed by atoms with E-state index in [1.165, 1.54) is 6.07 Å². The SMILES string of the molecule is OC(Cc1cccc(Cl)c1)C(F)(F)Cl. The molecule has 1 nitrogen and oxygen atoms in total. The summed E-state index contributed by atoms with van der Waals surface area (Å²) in [5, 5.41) is 5.83. The number of hydrogen-bond acceptors (Lipinski definition) is 1. The Balaban J connectivity index is 2.70. The summed E-state index contributed by atoms with van der Waals surface area (Å²) in [6, 6.07) is 6.35. The largest absolute Gasteiger partial charge is 0.385 e. The number of hydrogen-bond donors (Lipinski definition) is 1. The summed E-state index contributed by atoms with van der Waals surface area (Å²) in [5.74, 6) is 0. The van der Waals surface area contributed by atoms with Crippen LogP contribution in [0.1, 0.15) is 5.56 Å². The van der Waals surface area contributed by atoms with Crippen LogP contribution in [0.4, 0.5) is 8.78 Å². The average Bonchev–Trinajstić information content (AvgIpc) is 2.02. The van der Waals surface area contributed by atoms with Gasteiger partial charge in [0.15, 0.2) is 0 Å². The Morgan fingerprint density at radius 3 is 2.57 bits per heavy atom. The smallest absolute Gasteiger partial charge is 0.347 e. The number of benzene rings is 1. The van der Waals surface area contributed by atoms with Crippen molar-refractivity contribution in [1.82, 2.24) is 0 Å². The Kier molecular flexibility index (Phi) is 3.70. The summed E-state index contributed by atoms with van der Waals surface area (Å²) < 4.78 is 24.8. The van der Waals surface area contributed by atoms with Gasteiger partial charge in [0, 0.05) is 11.4 Å². The van der Waals surface area contributed by atoms with E-state index in [1.807, 2.05) is 0 Å². The fourth-order valence-electron chi connectivity index (χ4n) is 1.00. The summed E-state index contributed by atoms with van der Waals surface area (Å²) in [7, 11) is 0. The van der Waals surface area contributed by atoms with E-state index < -0.39 is 11.5 Å². The standard InChI is InChI=1S/C9H8Cl2F2O/c10-7-3-1-2-6(4-7)5-8(14)9(11,12)13/h1-4,8,14H,5H2. The molecule has 14 heavy (non-hydrogen) atoms. The quantitative estimate of drug-likeness (QED) is 0.806. The molecule has 0 aromatic heterocycles. The lowest BCUT2D eigenvalue weighted by Gasteiger charge is -2.15. The van der Waals surface area contributed by atoms with Gasteiger partial charge in [0.05, 0.1) is 0 Å². The lowest BCUT2D eigenvalue weighted by atomic mass is 10.1. The van der Waals surface area contributed by atoms with Crippen LogP contribution in [0.5, 0.6) is 0 Å². The van der Waals surface area contributed by atoms with Crippen molar-refractivity contribution >= 4 is 23.2 Å². The predicted octanol–water partition coefficient (Wildman–Crippen LogP) is 3.08. The molecule has 5 heteroatoms. The van der Waals surface area contributed by atoms with Crippen LogP contribution in [0.3, 0.4) is 0 Å². The highest BCUT2D eigenvalue weighted by Gasteiger charge is 2.35. The fraction of sp³-hybridized carbons (Fsp3) is 0.333. The Morgan fingerprint density at radius 1 is 1.43 bits per heavy atom. The van der Waals surface area contributed by atoms with Crippen LogP contribution in [0, 0.1) is 0 Å². The average molecular weight is 241 g/mol. The molecule has 0 heterocycles. The monoisotopic (exact) mass is 240 g/mol. The first-order valence-electron chi connectivity index (χ1n) is 3.89. The Bertz CT molecular complexity index is 312. The van der Waals surface area contributed by atoms with E-state index in [0.29, 0.717) is 10.6 Å². The van der Waals surface area contributed by atoms with Crippen LogP contribution in [0.25, 0.3) is 0 Å². The van der Waals surface area contributed by atoms with Gasteiger partial charge in [0.25, 0.3) is 0 Å². The van der Waals surface area contributed by atoms with Gasteiger partial charge >= 0.3 is 5.38 Å². The minimum absolute atomic E-state index is 0.225. The molecule has 78 valence electrons. The van der Waals surface area contributed by atoms with Gasteiger partial charge in [-0.1, -0.05) is 23.7 Å². The van der Waals surface area contributed by atoms with Crippen LogP contribution in [0.15, 0.2) is 24.3 Å². The summed E-state index contributed by atoms with van der Waals surface area (Å²) in [6.07, 6.45) is -2.13. The van der Waals surface area contributed by atoms with E-state index >= 15 is 0 Å². The van der Waals surface area contributed by atoms with Crippen LogP contribution in [-0.2, 0) is 6.42 Å². The molecular weight excluding hydrogens is 233 g/mol. The number of rotatable bonds is 3. The van der Waals surface area contributed by atoms with Crippen molar-refractivity contribution < 1.29 is 13.9 Å². The molecule has 1 unspecified atom stereocenters. The van der Waals surface area contributed by atoms with E-state index in [1.54, 1.807) is 18.2 Å². The van der Waals surface area contributed by atoms with Gasteiger partial charge in [0.1, 0.15) is 6.10 Å².